The van der Waals surface area contributed by atoms with Crippen molar-refractivity contribution < 1.29 is 4.79 Å². The minimum atomic E-state index is 0.0802. The van der Waals surface area contributed by atoms with E-state index in [4.69, 9.17) is 0 Å². The fourth-order valence-corrected chi connectivity index (χ4v) is 3.49. The van der Waals surface area contributed by atoms with Gasteiger partial charge in [-0.15, -0.1) is 0 Å². The normalized spacial score (nSPS) is 34.4. The van der Waals surface area contributed by atoms with Crippen molar-refractivity contribution in [3.8, 4) is 0 Å². The standard InChI is InChI=1S/C16H30N2O/c1-5-7-12-10-14(12)18-15(9-11(3)4)17-13(8-6-2)16(18)19/h11-15,17H,5-10H2,1-4H3. The molecule has 1 saturated heterocycles. The molecule has 0 bridgehead atoms. The Bertz CT molecular complexity index is 316. The summed E-state index contributed by atoms with van der Waals surface area (Å²) in [7, 11) is 0. The lowest BCUT2D eigenvalue weighted by atomic mass is 10.1. The second-order valence-corrected chi connectivity index (χ2v) is 6.75. The van der Waals surface area contributed by atoms with E-state index in [9.17, 15) is 4.79 Å². The highest BCUT2D eigenvalue weighted by molar-refractivity contribution is 5.85. The van der Waals surface area contributed by atoms with Gasteiger partial charge in [-0.25, -0.2) is 0 Å². The van der Waals surface area contributed by atoms with Gasteiger partial charge >= 0.3 is 0 Å². The highest BCUT2D eigenvalue weighted by Gasteiger charge is 2.50. The van der Waals surface area contributed by atoms with E-state index >= 15 is 0 Å². The van der Waals surface area contributed by atoms with E-state index in [1.165, 1.54) is 19.3 Å². The molecule has 4 unspecified atom stereocenters. The van der Waals surface area contributed by atoms with Crippen molar-refractivity contribution in [2.45, 2.75) is 84.5 Å². The van der Waals surface area contributed by atoms with Gasteiger partial charge in [0.15, 0.2) is 0 Å². The second kappa shape index (κ2) is 6.25. The van der Waals surface area contributed by atoms with E-state index < -0.39 is 0 Å². The first-order valence-electron chi connectivity index (χ1n) is 8.16. The molecule has 4 atom stereocenters. The zero-order valence-corrected chi connectivity index (χ0v) is 13.0. The summed E-state index contributed by atoms with van der Waals surface area (Å²) in [4.78, 5) is 14.8. The Kier molecular flexibility index (Phi) is 4.88. The van der Waals surface area contributed by atoms with Gasteiger partial charge in [0.2, 0.25) is 5.91 Å². The van der Waals surface area contributed by atoms with Crippen molar-refractivity contribution in [1.82, 2.24) is 10.2 Å². The van der Waals surface area contributed by atoms with Crippen molar-refractivity contribution >= 4 is 5.91 Å². The van der Waals surface area contributed by atoms with Gasteiger partial charge in [-0.2, -0.15) is 0 Å². The van der Waals surface area contributed by atoms with E-state index in [-0.39, 0.29) is 12.2 Å². The first-order chi connectivity index (χ1) is 9.08. The summed E-state index contributed by atoms with van der Waals surface area (Å²) >= 11 is 0. The van der Waals surface area contributed by atoms with Gasteiger partial charge in [-0.05, 0) is 37.5 Å². The lowest BCUT2D eigenvalue weighted by Gasteiger charge is -2.26. The van der Waals surface area contributed by atoms with Crippen LogP contribution in [0.1, 0.15) is 66.2 Å². The molecule has 3 nitrogen and oxygen atoms in total. The topological polar surface area (TPSA) is 32.3 Å². The molecule has 0 aromatic carbocycles. The Labute approximate surface area is 118 Å². The molecule has 1 heterocycles. The third-order valence-electron chi connectivity index (χ3n) is 4.46. The zero-order chi connectivity index (χ0) is 14.0. The summed E-state index contributed by atoms with van der Waals surface area (Å²) < 4.78 is 0. The largest absolute Gasteiger partial charge is 0.323 e. The predicted molar refractivity (Wildman–Crippen MR) is 78.7 cm³/mol. The molecular weight excluding hydrogens is 236 g/mol. The molecule has 110 valence electrons. The highest BCUT2D eigenvalue weighted by Crippen LogP contribution is 2.42. The molecule has 1 saturated carbocycles. The van der Waals surface area contributed by atoms with Crippen LogP contribution in [-0.4, -0.2) is 29.1 Å². The Morgan fingerprint density at radius 1 is 1.26 bits per heavy atom. The van der Waals surface area contributed by atoms with Crippen LogP contribution < -0.4 is 5.32 Å². The number of hydrogen-bond acceptors (Lipinski definition) is 2. The number of nitrogens with zero attached hydrogens (tertiary/aromatic N) is 1. The lowest BCUT2D eigenvalue weighted by Crippen LogP contribution is -2.40. The van der Waals surface area contributed by atoms with Crippen LogP contribution in [0.25, 0.3) is 0 Å². The van der Waals surface area contributed by atoms with Gasteiger partial charge in [-0.1, -0.05) is 40.5 Å². The number of nitrogens with one attached hydrogen (secondary N) is 1. The van der Waals surface area contributed by atoms with E-state index in [1.807, 2.05) is 0 Å². The molecule has 2 aliphatic rings. The third kappa shape index (κ3) is 3.31. The highest BCUT2D eigenvalue weighted by atomic mass is 16.2. The maximum Gasteiger partial charge on any atom is 0.241 e. The molecule has 19 heavy (non-hydrogen) atoms. The molecule has 3 heteroatoms. The number of carbonyl (C=O) groups is 1. The Hall–Kier alpha value is -0.570. The van der Waals surface area contributed by atoms with Crippen molar-refractivity contribution in [2.75, 3.05) is 0 Å². The van der Waals surface area contributed by atoms with Crippen LogP contribution in [-0.2, 0) is 4.79 Å². The summed E-state index contributed by atoms with van der Waals surface area (Å²) in [5.41, 5.74) is 0. The quantitative estimate of drug-likeness (QED) is 0.768. The average molecular weight is 266 g/mol. The Morgan fingerprint density at radius 3 is 2.53 bits per heavy atom. The van der Waals surface area contributed by atoms with Crippen LogP contribution in [0.15, 0.2) is 0 Å². The molecule has 0 radical (unpaired) electrons. The summed E-state index contributed by atoms with van der Waals surface area (Å²) in [6, 6.07) is 0.613. The number of amides is 1. The monoisotopic (exact) mass is 266 g/mol. The minimum Gasteiger partial charge on any atom is -0.323 e. The van der Waals surface area contributed by atoms with Gasteiger partial charge in [0.1, 0.15) is 0 Å². The Morgan fingerprint density at radius 2 is 1.95 bits per heavy atom. The van der Waals surface area contributed by atoms with Gasteiger partial charge in [0.05, 0.1) is 12.2 Å². The molecule has 1 aliphatic heterocycles. The first-order valence-corrected chi connectivity index (χ1v) is 8.16. The van der Waals surface area contributed by atoms with E-state index in [0.717, 1.165) is 25.2 Å². The van der Waals surface area contributed by atoms with Crippen molar-refractivity contribution in [2.24, 2.45) is 11.8 Å². The van der Waals surface area contributed by atoms with Crippen LogP contribution in [0.2, 0.25) is 0 Å². The molecule has 1 amide bonds. The summed E-state index contributed by atoms with van der Waals surface area (Å²) in [6.45, 7) is 8.89. The van der Waals surface area contributed by atoms with Crippen LogP contribution in [0.3, 0.4) is 0 Å². The van der Waals surface area contributed by atoms with E-state index in [2.05, 4.69) is 37.9 Å². The predicted octanol–water partition coefficient (Wildman–Crippen LogP) is 3.15. The maximum absolute atomic E-state index is 12.6. The summed E-state index contributed by atoms with van der Waals surface area (Å²) in [5, 5.41) is 3.58. The number of carbonyl (C=O) groups excluding carboxylic acids is 1. The van der Waals surface area contributed by atoms with Gasteiger partial charge in [0.25, 0.3) is 0 Å². The SMILES string of the molecule is CCCC1NC(CC(C)C)N(C2CC2CCC)C1=O. The molecule has 1 N–H and O–H groups in total. The summed E-state index contributed by atoms with van der Waals surface area (Å²) in [5.74, 6) is 1.78. The smallest absolute Gasteiger partial charge is 0.241 e. The molecular formula is C16H30N2O. The fourth-order valence-electron chi connectivity index (χ4n) is 3.49. The molecule has 1 aliphatic carbocycles. The van der Waals surface area contributed by atoms with Crippen molar-refractivity contribution in [3.05, 3.63) is 0 Å². The molecule has 0 spiro atoms. The van der Waals surface area contributed by atoms with Gasteiger partial charge in [-0.3, -0.25) is 10.1 Å². The lowest BCUT2D eigenvalue weighted by molar-refractivity contribution is -0.131. The van der Waals surface area contributed by atoms with Crippen molar-refractivity contribution in [1.29, 1.82) is 0 Å². The summed E-state index contributed by atoms with van der Waals surface area (Å²) in [6.07, 6.45) is 7.18. The Balaban J connectivity index is 2.01. The zero-order valence-electron chi connectivity index (χ0n) is 13.0. The van der Waals surface area contributed by atoms with Crippen LogP contribution in [0.5, 0.6) is 0 Å². The third-order valence-corrected chi connectivity index (χ3v) is 4.46. The fraction of sp³-hybridized carbons (Fsp3) is 0.938. The average Bonchev–Trinajstić information content (AvgIpc) is 3.00. The molecule has 2 rings (SSSR count). The van der Waals surface area contributed by atoms with Crippen LogP contribution >= 0.6 is 0 Å². The second-order valence-electron chi connectivity index (χ2n) is 6.75. The number of rotatable bonds is 7. The minimum absolute atomic E-state index is 0.0802. The van der Waals surface area contributed by atoms with Crippen molar-refractivity contribution in [3.63, 3.8) is 0 Å². The van der Waals surface area contributed by atoms with E-state index in [1.54, 1.807) is 0 Å². The van der Waals surface area contributed by atoms with Gasteiger partial charge < -0.3 is 4.90 Å². The molecule has 0 aromatic heterocycles. The first kappa shape index (κ1) is 14.8. The molecule has 2 fully saturated rings. The molecule has 0 aromatic rings. The van der Waals surface area contributed by atoms with Gasteiger partial charge in [0, 0.05) is 6.04 Å². The van der Waals surface area contributed by atoms with Crippen LogP contribution in [0.4, 0.5) is 0 Å². The maximum atomic E-state index is 12.6. The number of hydrogen-bond donors (Lipinski definition) is 1. The van der Waals surface area contributed by atoms with E-state index in [0.29, 0.717) is 17.9 Å². The van der Waals surface area contributed by atoms with Crippen LogP contribution in [0, 0.1) is 11.8 Å².